The van der Waals surface area contributed by atoms with Gasteiger partial charge in [0.05, 0.1) is 5.71 Å². The number of nitrogens with zero attached hydrogens (tertiary/aromatic N) is 1. The molecule has 19 heavy (non-hydrogen) atoms. The molecule has 0 amide bonds. The molecule has 0 aromatic rings. The van der Waals surface area contributed by atoms with Crippen LogP contribution in [0, 0.1) is 11.8 Å². The molecular formula is C18H29N. The molecule has 0 radical (unpaired) electrons. The van der Waals surface area contributed by atoms with E-state index in [9.17, 15) is 0 Å². The normalized spacial score (nSPS) is 18.6. The topological polar surface area (TPSA) is 12.4 Å². The molecule has 0 saturated carbocycles. The van der Waals surface area contributed by atoms with Gasteiger partial charge in [0.1, 0.15) is 0 Å². The molecule has 0 aromatic heterocycles. The fourth-order valence-electron chi connectivity index (χ4n) is 1.61. The smallest absolute Gasteiger partial charge is 0.0649 e. The first-order chi connectivity index (χ1) is 9.04. The zero-order chi connectivity index (χ0) is 14.8. The van der Waals surface area contributed by atoms with Gasteiger partial charge in [0.25, 0.3) is 0 Å². The van der Waals surface area contributed by atoms with Crippen LogP contribution in [0.3, 0.4) is 0 Å². The predicted octanol–water partition coefficient (Wildman–Crippen LogP) is 5.37. The van der Waals surface area contributed by atoms with Gasteiger partial charge in [0, 0.05) is 6.54 Å². The first kappa shape index (κ1) is 17.6. The minimum atomic E-state index is 0.542. The van der Waals surface area contributed by atoms with E-state index in [4.69, 9.17) is 0 Å². The molecule has 0 bridgehead atoms. The summed E-state index contributed by atoms with van der Waals surface area (Å²) in [4.78, 5) is 4.69. The highest BCUT2D eigenvalue weighted by Gasteiger charge is 2.10. The fraction of sp³-hybridized carbons (Fsp3) is 0.500. The van der Waals surface area contributed by atoms with Crippen LogP contribution in [0.5, 0.6) is 0 Å². The van der Waals surface area contributed by atoms with Crippen molar-refractivity contribution in [3.63, 3.8) is 0 Å². The molecule has 0 aliphatic heterocycles. The van der Waals surface area contributed by atoms with Crippen LogP contribution in [-0.2, 0) is 0 Å². The van der Waals surface area contributed by atoms with Gasteiger partial charge in [-0.1, -0.05) is 72.4 Å². The van der Waals surface area contributed by atoms with Crippen molar-refractivity contribution >= 4 is 5.71 Å². The molecule has 0 unspecified atom stereocenters. The molecule has 1 nitrogen and oxygen atoms in total. The Hall–Kier alpha value is -1.37. The summed E-state index contributed by atoms with van der Waals surface area (Å²) in [6, 6.07) is 0. The van der Waals surface area contributed by atoms with E-state index in [2.05, 4.69) is 57.5 Å². The Balaban J connectivity index is 0.00000154. The summed E-state index contributed by atoms with van der Waals surface area (Å²) in [5.74, 6) is 1.13. The van der Waals surface area contributed by atoms with Crippen molar-refractivity contribution in [3.05, 3.63) is 48.1 Å². The largest absolute Gasteiger partial charge is 0.284 e. The van der Waals surface area contributed by atoms with Gasteiger partial charge in [-0.25, -0.2) is 0 Å². The Kier molecular flexibility index (Phi) is 8.86. The van der Waals surface area contributed by atoms with Crippen LogP contribution in [0.4, 0.5) is 0 Å². The second-order valence-corrected chi connectivity index (χ2v) is 5.11. The highest BCUT2D eigenvalue weighted by atomic mass is 14.7. The lowest BCUT2D eigenvalue weighted by atomic mass is 9.93. The third-order valence-corrected chi connectivity index (χ3v) is 2.65. The average molecular weight is 259 g/mol. The van der Waals surface area contributed by atoms with Crippen LogP contribution in [0.15, 0.2) is 53.1 Å². The van der Waals surface area contributed by atoms with E-state index in [0.29, 0.717) is 11.8 Å². The Morgan fingerprint density at radius 3 is 2.26 bits per heavy atom. The quantitative estimate of drug-likeness (QED) is 0.643. The summed E-state index contributed by atoms with van der Waals surface area (Å²) in [6.45, 7) is 17.4. The third-order valence-electron chi connectivity index (χ3n) is 2.65. The van der Waals surface area contributed by atoms with Crippen molar-refractivity contribution in [1.82, 2.24) is 0 Å². The van der Waals surface area contributed by atoms with Crippen molar-refractivity contribution < 1.29 is 0 Å². The Bertz CT molecular complexity index is 390. The lowest BCUT2D eigenvalue weighted by Crippen LogP contribution is -2.08. The van der Waals surface area contributed by atoms with Crippen molar-refractivity contribution in [3.8, 4) is 0 Å². The van der Waals surface area contributed by atoms with Gasteiger partial charge in [0.15, 0.2) is 0 Å². The SMILES string of the molecule is C=C/C=C1/C=CC(C(C)C)=CC1=NCC(C)C.CC. The molecule has 0 N–H and O–H groups in total. The molecule has 0 heterocycles. The molecule has 0 saturated heterocycles. The molecule has 1 aliphatic carbocycles. The summed E-state index contributed by atoms with van der Waals surface area (Å²) < 4.78 is 0. The van der Waals surface area contributed by atoms with E-state index < -0.39 is 0 Å². The predicted molar refractivity (Wildman–Crippen MR) is 88.8 cm³/mol. The van der Waals surface area contributed by atoms with Crippen LogP contribution < -0.4 is 0 Å². The lowest BCUT2D eigenvalue weighted by Gasteiger charge is -2.15. The monoisotopic (exact) mass is 259 g/mol. The number of aliphatic imine (C=N–C) groups is 1. The van der Waals surface area contributed by atoms with Gasteiger partial charge in [-0.3, -0.25) is 4.99 Å². The van der Waals surface area contributed by atoms with Gasteiger partial charge in [-0.15, -0.1) is 0 Å². The first-order valence-corrected chi connectivity index (χ1v) is 7.31. The standard InChI is InChI=1S/C16H23N.C2H6/c1-6-7-14-8-9-15(13(4)5)10-16(14)17-11-12(2)3;1-2/h6-10,12-13H,1,11H2,2-5H3;1-2H3/b14-7-,17-16?;. The van der Waals surface area contributed by atoms with Gasteiger partial charge in [-0.05, 0) is 29.1 Å². The van der Waals surface area contributed by atoms with Crippen LogP contribution in [0.25, 0.3) is 0 Å². The third kappa shape index (κ3) is 6.37. The summed E-state index contributed by atoms with van der Waals surface area (Å²) in [5, 5.41) is 0. The van der Waals surface area contributed by atoms with E-state index in [1.807, 2.05) is 26.0 Å². The Morgan fingerprint density at radius 1 is 1.16 bits per heavy atom. The van der Waals surface area contributed by atoms with Gasteiger partial charge in [-0.2, -0.15) is 0 Å². The van der Waals surface area contributed by atoms with Gasteiger partial charge >= 0.3 is 0 Å². The number of hydrogen-bond donors (Lipinski definition) is 0. The van der Waals surface area contributed by atoms with Gasteiger partial charge < -0.3 is 0 Å². The minimum Gasteiger partial charge on any atom is -0.284 e. The summed E-state index contributed by atoms with van der Waals surface area (Å²) in [7, 11) is 0. The zero-order valence-electron chi connectivity index (χ0n) is 13.4. The minimum absolute atomic E-state index is 0.542. The average Bonchev–Trinajstić information content (AvgIpc) is 2.40. The van der Waals surface area contributed by atoms with Crippen LogP contribution in [0.1, 0.15) is 41.5 Å². The highest BCUT2D eigenvalue weighted by Crippen LogP contribution is 2.20. The van der Waals surface area contributed by atoms with E-state index in [1.54, 1.807) is 0 Å². The molecular weight excluding hydrogens is 230 g/mol. The Labute approximate surface area is 119 Å². The molecule has 0 atom stereocenters. The second-order valence-electron chi connectivity index (χ2n) is 5.11. The summed E-state index contributed by atoms with van der Waals surface area (Å²) in [6.07, 6.45) is 10.3. The van der Waals surface area contributed by atoms with E-state index in [1.165, 1.54) is 5.57 Å². The fourth-order valence-corrected chi connectivity index (χ4v) is 1.61. The number of allylic oxidation sites excluding steroid dienone is 7. The summed E-state index contributed by atoms with van der Waals surface area (Å²) >= 11 is 0. The maximum Gasteiger partial charge on any atom is 0.0649 e. The highest BCUT2D eigenvalue weighted by molar-refractivity contribution is 6.12. The molecule has 0 aromatic carbocycles. The number of hydrogen-bond acceptors (Lipinski definition) is 1. The van der Waals surface area contributed by atoms with Crippen LogP contribution >= 0.6 is 0 Å². The van der Waals surface area contributed by atoms with Crippen molar-refractivity contribution in [2.75, 3.05) is 6.54 Å². The van der Waals surface area contributed by atoms with E-state index in [-0.39, 0.29) is 0 Å². The van der Waals surface area contributed by atoms with Gasteiger partial charge in [0.2, 0.25) is 0 Å². The van der Waals surface area contributed by atoms with Crippen molar-refractivity contribution in [2.24, 2.45) is 16.8 Å². The van der Waals surface area contributed by atoms with Crippen molar-refractivity contribution in [1.29, 1.82) is 0 Å². The van der Waals surface area contributed by atoms with E-state index in [0.717, 1.165) is 17.8 Å². The van der Waals surface area contributed by atoms with E-state index >= 15 is 0 Å². The molecule has 1 rings (SSSR count). The molecule has 106 valence electrons. The Morgan fingerprint density at radius 2 is 1.79 bits per heavy atom. The molecule has 0 fully saturated rings. The maximum atomic E-state index is 4.69. The van der Waals surface area contributed by atoms with Crippen molar-refractivity contribution in [2.45, 2.75) is 41.5 Å². The molecule has 1 aliphatic rings. The van der Waals surface area contributed by atoms with Crippen LogP contribution in [-0.4, -0.2) is 12.3 Å². The number of rotatable bonds is 4. The molecule has 1 heteroatoms. The van der Waals surface area contributed by atoms with Crippen LogP contribution in [0.2, 0.25) is 0 Å². The second kappa shape index (κ2) is 9.55. The maximum absolute atomic E-state index is 4.69. The summed E-state index contributed by atoms with van der Waals surface area (Å²) in [5.41, 5.74) is 3.59. The lowest BCUT2D eigenvalue weighted by molar-refractivity contribution is 0.666. The first-order valence-electron chi connectivity index (χ1n) is 7.31. The molecule has 0 spiro atoms. The zero-order valence-corrected chi connectivity index (χ0v) is 13.4.